The molecule has 0 radical (unpaired) electrons. The zero-order valence-corrected chi connectivity index (χ0v) is 10.9. The van der Waals surface area contributed by atoms with Crippen LogP contribution in [0.5, 0.6) is 0 Å². The molecule has 1 N–H and O–H groups in total. The van der Waals surface area contributed by atoms with E-state index in [4.69, 9.17) is 10.00 Å². The van der Waals surface area contributed by atoms with Gasteiger partial charge in [-0.3, -0.25) is 0 Å². The Hall–Kier alpha value is -1.60. The minimum absolute atomic E-state index is 0.341. The maximum atomic E-state index is 9.04. The SMILES string of the molecule is CCC1OCCC1CNc1nc(C)ccc1C#N. The highest BCUT2D eigenvalue weighted by Gasteiger charge is 2.26. The molecular formula is C14H19N3O. The van der Waals surface area contributed by atoms with Crippen molar-refractivity contribution in [2.75, 3.05) is 18.5 Å². The van der Waals surface area contributed by atoms with Crippen LogP contribution in [0.4, 0.5) is 5.82 Å². The molecule has 0 aliphatic carbocycles. The van der Waals surface area contributed by atoms with Gasteiger partial charge in [-0.05, 0) is 31.9 Å². The predicted octanol–water partition coefficient (Wildman–Crippen LogP) is 2.49. The molecular weight excluding hydrogens is 226 g/mol. The lowest BCUT2D eigenvalue weighted by molar-refractivity contribution is 0.0900. The minimum Gasteiger partial charge on any atom is -0.378 e. The fourth-order valence-corrected chi connectivity index (χ4v) is 2.39. The highest BCUT2D eigenvalue weighted by atomic mass is 16.5. The molecule has 0 spiro atoms. The Morgan fingerprint density at radius 3 is 3.11 bits per heavy atom. The molecule has 0 bridgehead atoms. The number of anilines is 1. The van der Waals surface area contributed by atoms with Crippen LogP contribution in [0.3, 0.4) is 0 Å². The van der Waals surface area contributed by atoms with Gasteiger partial charge in [-0.15, -0.1) is 0 Å². The third-order valence-corrected chi connectivity index (χ3v) is 3.44. The topological polar surface area (TPSA) is 57.9 Å². The third kappa shape index (κ3) is 2.80. The Morgan fingerprint density at radius 1 is 1.56 bits per heavy atom. The Balaban J connectivity index is 2.02. The molecule has 0 amide bonds. The van der Waals surface area contributed by atoms with E-state index in [1.54, 1.807) is 0 Å². The van der Waals surface area contributed by atoms with E-state index in [-0.39, 0.29) is 0 Å². The number of nitrogens with zero attached hydrogens (tertiary/aromatic N) is 2. The lowest BCUT2D eigenvalue weighted by Crippen LogP contribution is -2.23. The molecule has 18 heavy (non-hydrogen) atoms. The van der Waals surface area contributed by atoms with Gasteiger partial charge in [0.15, 0.2) is 0 Å². The van der Waals surface area contributed by atoms with E-state index in [2.05, 4.69) is 23.3 Å². The largest absolute Gasteiger partial charge is 0.378 e. The smallest absolute Gasteiger partial charge is 0.144 e. The highest BCUT2D eigenvalue weighted by molar-refractivity contribution is 5.52. The molecule has 2 heterocycles. The highest BCUT2D eigenvalue weighted by Crippen LogP contribution is 2.24. The molecule has 2 atom stereocenters. The van der Waals surface area contributed by atoms with Crippen LogP contribution in [0, 0.1) is 24.2 Å². The van der Waals surface area contributed by atoms with E-state index in [9.17, 15) is 0 Å². The molecule has 1 fully saturated rings. The van der Waals surface area contributed by atoms with Crippen LogP contribution < -0.4 is 5.32 Å². The van der Waals surface area contributed by atoms with E-state index in [1.807, 2.05) is 19.1 Å². The minimum atomic E-state index is 0.341. The maximum Gasteiger partial charge on any atom is 0.144 e. The van der Waals surface area contributed by atoms with Crippen molar-refractivity contribution in [3.05, 3.63) is 23.4 Å². The zero-order chi connectivity index (χ0) is 13.0. The molecule has 1 aliphatic rings. The molecule has 96 valence electrons. The van der Waals surface area contributed by atoms with Crippen molar-refractivity contribution in [1.82, 2.24) is 4.98 Å². The van der Waals surface area contributed by atoms with Gasteiger partial charge in [0.2, 0.25) is 0 Å². The van der Waals surface area contributed by atoms with Gasteiger partial charge in [0.25, 0.3) is 0 Å². The second-order valence-corrected chi connectivity index (χ2v) is 4.71. The van der Waals surface area contributed by atoms with Gasteiger partial charge in [-0.25, -0.2) is 4.98 Å². The van der Waals surface area contributed by atoms with Crippen LogP contribution in [0.1, 0.15) is 31.0 Å². The molecule has 1 aliphatic heterocycles. The quantitative estimate of drug-likeness (QED) is 0.885. The van der Waals surface area contributed by atoms with Crippen molar-refractivity contribution < 1.29 is 4.74 Å². The summed E-state index contributed by atoms with van der Waals surface area (Å²) in [6.07, 6.45) is 2.46. The summed E-state index contributed by atoms with van der Waals surface area (Å²) < 4.78 is 5.66. The van der Waals surface area contributed by atoms with Crippen molar-refractivity contribution in [2.45, 2.75) is 32.8 Å². The molecule has 0 aromatic carbocycles. The van der Waals surface area contributed by atoms with E-state index >= 15 is 0 Å². The van der Waals surface area contributed by atoms with Crippen LogP contribution in [0.15, 0.2) is 12.1 Å². The monoisotopic (exact) mass is 245 g/mol. The average molecular weight is 245 g/mol. The van der Waals surface area contributed by atoms with Crippen LogP contribution in [0.2, 0.25) is 0 Å². The van der Waals surface area contributed by atoms with Crippen molar-refractivity contribution in [2.24, 2.45) is 5.92 Å². The number of aryl methyl sites for hydroxylation is 1. The second-order valence-electron chi connectivity index (χ2n) is 4.71. The van der Waals surface area contributed by atoms with Gasteiger partial charge in [-0.1, -0.05) is 6.92 Å². The van der Waals surface area contributed by atoms with Crippen LogP contribution in [-0.2, 0) is 4.74 Å². The van der Waals surface area contributed by atoms with Gasteiger partial charge >= 0.3 is 0 Å². The van der Waals surface area contributed by atoms with Gasteiger partial charge in [0.1, 0.15) is 11.9 Å². The number of hydrogen-bond acceptors (Lipinski definition) is 4. The second kappa shape index (κ2) is 5.83. The average Bonchev–Trinajstić information content (AvgIpc) is 2.84. The molecule has 4 nitrogen and oxygen atoms in total. The number of nitriles is 1. The normalized spacial score (nSPS) is 22.7. The first-order valence-electron chi connectivity index (χ1n) is 6.47. The molecule has 1 saturated heterocycles. The van der Waals surface area contributed by atoms with Crippen LogP contribution >= 0.6 is 0 Å². The van der Waals surface area contributed by atoms with Gasteiger partial charge < -0.3 is 10.1 Å². The van der Waals surface area contributed by atoms with Crippen LogP contribution in [0.25, 0.3) is 0 Å². The maximum absolute atomic E-state index is 9.04. The summed E-state index contributed by atoms with van der Waals surface area (Å²) in [4.78, 5) is 4.38. The van der Waals surface area contributed by atoms with Gasteiger partial charge in [-0.2, -0.15) is 5.26 Å². The summed E-state index contributed by atoms with van der Waals surface area (Å²) in [5.41, 5.74) is 1.53. The summed E-state index contributed by atoms with van der Waals surface area (Å²) in [5, 5.41) is 12.3. The van der Waals surface area contributed by atoms with Crippen molar-refractivity contribution in [1.29, 1.82) is 5.26 Å². The fourth-order valence-electron chi connectivity index (χ4n) is 2.39. The Bertz CT molecular complexity index is 453. The fraction of sp³-hybridized carbons (Fsp3) is 0.571. The molecule has 1 aromatic rings. The first-order valence-corrected chi connectivity index (χ1v) is 6.47. The summed E-state index contributed by atoms with van der Waals surface area (Å²) in [5.74, 6) is 1.21. The Kier molecular flexibility index (Phi) is 4.16. The number of pyridine rings is 1. The first-order chi connectivity index (χ1) is 8.74. The van der Waals surface area contributed by atoms with Crippen LogP contribution in [-0.4, -0.2) is 24.2 Å². The molecule has 2 unspecified atom stereocenters. The Labute approximate surface area is 108 Å². The van der Waals surface area contributed by atoms with Crippen molar-refractivity contribution >= 4 is 5.82 Å². The lowest BCUT2D eigenvalue weighted by atomic mass is 9.99. The van der Waals surface area contributed by atoms with Crippen molar-refractivity contribution in [3.8, 4) is 6.07 Å². The van der Waals surface area contributed by atoms with Gasteiger partial charge in [0.05, 0.1) is 11.7 Å². The number of aromatic nitrogens is 1. The van der Waals surface area contributed by atoms with E-state index < -0.39 is 0 Å². The van der Waals surface area contributed by atoms with E-state index in [1.165, 1.54) is 0 Å². The van der Waals surface area contributed by atoms with Crippen molar-refractivity contribution in [3.63, 3.8) is 0 Å². The standard InChI is InChI=1S/C14H19N3O/c1-3-13-12(6-7-18-13)9-16-14-11(8-15)5-4-10(2)17-14/h4-5,12-13H,3,6-7,9H2,1-2H3,(H,16,17). The summed E-state index contributed by atoms with van der Waals surface area (Å²) in [6, 6.07) is 5.84. The molecule has 4 heteroatoms. The summed E-state index contributed by atoms with van der Waals surface area (Å²) in [6.45, 7) is 5.75. The predicted molar refractivity (Wildman–Crippen MR) is 70.3 cm³/mol. The molecule has 2 rings (SSSR count). The van der Waals surface area contributed by atoms with E-state index in [0.717, 1.165) is 31.7 Å². The summed E-state index contributed by atoms with van der Waals surface area (Å²) in [7, 11) is 0. The zero-order valence-electron chi connectivity index (χ0n) is 10.9. The Morgan fingerprint density at radius 2 is 2.39 bits per heavy atom. The summed E-state index contributed by atoms with van der Waals surface area (Å²) >= 11 is 0. The first kappa shape index (κ1) is 12.8. The third-order valence-electron chi connectivity index (χ3n) is 3.44. The molecule has 0 saturated carbocycles. The number of rotatable bonds is 4. The lowest BCUT2D eigenvalue weighted by Gasteiger charge is -2.18. The number of nitrogens with one attached hydrogen (secondary N) is 1. The number of ether oxygens (including phenoxy) is 1. The number of hydrogen-bond donors (Lipinski definition) is 1. The van der Waals surface area contributed by atoms with Gasteiger partial charge in [0, 0.05) is 24.8 Å². The van der Waals surface area contributed by atoms with E-state index in [0.29, 0.717) is 23.4 Å². The molecule has 1 aromatic heterocycles.